The third-order valence-electron chi connectivity index (χ3n) is 3.98. The summed E-state index contributed by atoms with van der Waals surface area (Å²) in [4.78, 5) is 23.6. The molecule has 0 rings (SSSR count). The summed E-state index contributed by atoms with van der Waals surface area (Å²) in [5.41, 5.74) is 0. The fourth-order valence-corrected chi connectivity index (χ4v) is 3.04. The van der Waals surface area contributed by atoms with Crippen LogP contribution in [0.4, 0.5) is 0 Å². The summed E-state index contributed by atoms with van der Waals surface area (Å²) in [6.07, 6.45) is 8.82. The molecule has 0 bridgehead atoms. The first kappa shape index (κ1) is 29.1. The Bertz CT molecular complexity index is 500. The number of esters is 2. The van der Waals surface area contributed by atoms with Crippen molar-refractivity contribution in [3.63, 3.8) is 0 Å². The van der Waals surface area contributed by atoms with Crippen molar-refractivity contribution in [1.82, 2.24) is 0 Å². The first-order valence-corrected chi connectivity index (χ1v) is 11.1. The molecule has 0 aliphatic heterocycles. The van der Waals surface area contributed by atoms with Gasteiger partial charge in [0.25, 0.3) is 10.1 Å². The molecule has 156 valence electrons. The van der Waals surface area contributed by atoms with Gasteiger partial charge in [0.15, 0.2) is 5.25 Å². The molecular formula is C18H35NaO7S. The average Bonchev–Trinajstić information content (AvgIpc) is 2.57. The predicted octanol–water partition coefficient (Wildman–Crippen LogP) is 0.777. The van der Waals surface area contributed by atoms with Crippen LogP contribution in [0.1, 0.15) is 85.9 Å². The summed E-state index contributed by atoms with van der Waals surface area (Å²) in [6, 6.07) is 0. The Hall–Kier alpha value is -0.150. The van der Waals surface area contributed by atoms with Crippen molar-refractivity contribution < 1.29 is 63.0 Å². The minimum atomic E-state index is -4.73. The fourth-order valence-electron chi connectivity index (χ4n) is 2.38. The van der Waals surface area contributed by atoms with Crippen molar-refractivity contribution in [2.75, 3.05) is 13.2 Å². The van der Waals surface area contributed by atoms with Crippen LogP contribution in [0.3, 0.4) is 0 Å². The van der Waals surface area contributed by atoms with Crippen LogP contribution in [-0.4, -0.2) is 43.4 Å². The second kappa shape index (κ2) is 17.9. The zero-order valence-corrected chi connectivity index (χ0v) is 19.9. The predicted molar refractivity (Wildman–Crippen MR) is 101 cm³/mol. The van der Waals surface area contributed by atoms with E-state index >= 15 is 0 Å². The maximum Gasteiger partial charge on any atom is 1.00 e. The van der Waals surface area contributed by atoms with E-state index in [-0.39, 0.29) is 44.2 Å². The Labute approximate surface area is 187 Å². The molecule has 1 N–H and O–H groups in total. The van der Waals surface area contributed by atoms with E-state index < -0.39 is 33.7 Å². The molecule has 0 saturated carbocycles. The number of hydrogen-bond donors (Lipinski definition) is 1. The maximum absolute atomic E-state index is 11.9. The van der Waals surface area contributed by atoms with E-state index in [1.807, 2.05) is 0 Å². The maximum atomic E-state index is 11.9. The molecule has 1 atom stereocenters. The zero-order chi connectivity index (χ0) is 19.8. The van der Waals surface area contributed by atoms with Crippen LogP contribution in [0, 0.1) is 0 Å². The van der Waals surface area contributed by atoms with Crippen molar-refractivity contribution in [2.24, 2.45) is 0 Å². The Morgan fingerprint density at radius 1 is 0.852 bits per heavy atom. The van der Waals surface area contributed by atoms with E-state index in [9.17, 15) is 22.6 Å². The molecule has 9 heteroatoms. The van der Waals surface area contributed by atoms with E-state index in [1.165, 1.54) is 0 Å². The van der Waals surface area contributed by atoms with Gasteiger partial charge >= 0.3 is 41.5 Å². The summed E-state index contributed by atoms with van der Waals surface area (Å²) < 4.78 is 41.8. The fraction of sp³-hybridized carbons (Fsp3) is 0.889. The minimum Gasteiger partial charge on any atom is -1.00 e. The summed E-state index contributed by atoms with van der Waals surface area (Å²) in [6.45, 7) is 4.43. The van der Waals surface area contributed by atoms with E-state index in [0.717, 1.165) is 51.4 Å². The van der Waals surface area contributed by atoms with Gasteiger partial charge in [-0.3, -0.25) is 14.1 Å². The van der Waals surface area contributed by atoms with Crippen LogP contribution >= 0.6 is 0 Å². The number of carbonyl (C=O) groups is 2. The van der Waals surface area contributed by atoms with E-state index in [4.69, 9.17) is 9.47 Å². The number of carbonyl (C=O) groups excluding carboxylic acids is 2. The van der Waals surface area contributed by atoms with Crippen LogP contribution in [0.25, 0.3) is 0 Å². The van der Waals surface area contributed by atoms with Gasteiger partial charge in [0.1, 0.15) is 0 Å². The van der Waals surface area contributed by atoms with Crippen molar-refractivity contribution in [3.05, 3.63) is 0 Å². The van der Waals surface area contributed by atoms with Crippen LogP contribution in [-0.2, 0) is 29.2 Å². The number of hydrogen-bond acceptors (Lipinski definition) is 6. The molecule has 0 radical (unpaired) electrons. The summed E-state index contributed by atoms with van der Waals surface area (Å²) in [5, 5.41) is -1.93. The van der Waals surface area contributed by atoms with Gasteiger partial charge in [-0.1, -0.05) is 65.2 Å². The van der Waals surface area contributed by atoms with Gasteiger partial charge in [-0.15, -0.1) is 0 Å². The van der Waals surface area contributed by atoms with E-state index in [2.05, 4.69) is 13.8 Å². The van der Waals surface area contributed by atoms with Crippen LogP contribution in [0.5, 0.6) is 0 Å². The molecule has 1 unspecified atom stereocenters. The first-order valence-electron chi connectivity index (χ1n) is 9.61. The Morgan fingerprint density at radius 2 is 1.30 bits per heavy atom. The number of rotatable bonds is 16. The third kappa shape index (κ3) is 16.5. The topological polar surface area (TPSA) is 107 Å². The normalized spacial score (nSPS) is 12.1. The second-order valence-corrected chi connectivity index (χ2v) is 8.02. The number of unbranched alkanes of at least 4 members (excludes halogenated alkanes) is 8. The molecular weight excluding hydrogens is 383 g/mol. The Balaban J connectivity index is -0.00000312. The van der Waals surface area contributed by atoms with Crippen molar-refractivity contribution >= 4 is 22.1 Å². The number of ether oxygens (including phenoxy) is 2. The molecule has 0 heterocycles. The van der Waals surface area contributed by atoms with Crippen molar-refractivity contribution in [3.8, 4) is 0 Å². The molecule has 27 heavy (non-hydrogen) atoms. The molecule has 0 amide bonds. The standard InChI is InChI=1S/C18H34O7S.Na.H/c1-3-5-7-9-11-13-24-17(19)15-16(26(21,22)23)18(20)25-14-12-10-8-6-4-2;;/h16H,3-15H2,1-2H3,(H,21,22,23);;/q;+1;-1. The largest absolute Gasteiger partial charge is 1.00 e. The average molecular weight is 419 g/mol. The SMILES string of the molecule is CCCCCCCOC(=O)CC(C(=O)OCCCCCCC)S(=O)(=O)O.[H-].[Na+]. The monoisotopic (exact) mass is 418 g/mol. The quantitative estimate of drug-likeness (QED) is 0.171. The van der Waals surface area contributed by atoms with Crippen molar-refractivity contribution in [1.29, 1.82) is 0 Å². The van der Waals surface area contributed by atoms with Gasteiger partial charge < -0.3 is 10.9 Å². The Morgan fingerprint density at radius 3 is 1.74 bits per heavy atom. The second-order valence-electron chi connectivity index (χ2n) is 6.42. The molecule has 0 fully saturated rings. The Kier molecular flexibility index (Phi) is 19.3. The summed E-state index contributed by atoms with van der Waals surface area (Å²) in [5.74, 6) is -1.94. The molecule has 0 aromatic carbocycles. The van der Waals surface area contributed by atoms with Crippen LogP contribution < -0.4 is 29.6 Å². The van der Waals surface area contributed by atoms with Gasteiger partial charge in [-0.2, -0.15) is 8.42 Å². The molecule has 7 nitrogen and oxygen atoms in total. The van der Waals surface area contributed by atoms with Gasteiger partial charge in [0.2, 0.25) is 0 Å². The first-order chi connectivity index (χ1) is 12.3. The van der Waals surface area contributed by atoms with Gasteiger partial charge in [-0.05, 0) is 12.8 Å². The molecule has 0 saturated heterocycles. The third-order valence-corrected chi connectivity index (χ3v) is 5.06. The van der Waals surface area contributed by atoms with Crippen LogP contribution in [0.15, 0.2) is 0 Å². The molecule has 0 aliphatic rings. The van der Waals surface area contributed by atoms with Crippen LogP contribution in [0.2, 0.25) is 0 Å². The minimum absolute atomic E-state index is 0. The zero-order valence-electron chi connectivity index (χ0n) is 18.1. The molecule has 0 aromatic heterocycles. The molecule has 0 aliphatic carbocycles. The van der Waals surface area contributed by atoms with Gasteiger partial charge in [0, 0.05) is 0 Å². The summed E-state index contributed by atoms with van der Waals surface area (Å²) in [7, 11) is -4.73. The van der Waals surface area contributed by atoms with Gasteiger partial charge in [-0.25, -0.2) is 0 Å². The van der Waals surface area contributed by atoms with Crippen molar-refractivity contribution in [2.45, 2.75) is 89.7 Å². The molecule has 0 aromatic rings. The van der Waals surface area contributed by atoms with Gasteiger partial charge in [0.05, 0.1) is 19.6 Å². The smallest absolute Gasteiger partial charge is 1.00 e. The summed E-state index contributed by atoms with van der Waals surface area (Å²) >= 11 is 0. The van der Waals surface area contributed by atoms with E-state index in [1.54, 1.807) is 0 Å². The van der Waals surface area contributed by atoms with E-state index in [0.29, 0.717) is 12.8 Å². The molecule has 0 spiro atoms.